The highest BCUT2D eigenvalue weighted by molar-refractivity contribution is 7.14. The van der Waals surface area contributed by atoms with Gasteiger partial charge in [0.15, 0.2) is 0 Å². The Labute approximate surface area is 159 Å². The molecule has 4 nitrogen and oxygen atoms in total. The summed E-state index contributed by atoms with van der Waals surface area (Å²) >= 11 is 14.0. The maximum absolute atomic E-state index is 12.9. The highest BCUT2D eigenvalue weighted by Gasteiger charge is 2.33. The molecule has 1 aliphatic heterocycles. The Balaban J connectivity index is 1.73. The van der Waals surface area contributed by atoms with E-state index in [1.54, 1.807) is 12.1 Å². The number of hydrogen-bond acceptors (Lipinski definition) is 2. The Bertz CT molecular complexity index is 907. The normalized spacial score (nSPS) is 16.6. The highest BCUT2D eigenvalue weighted by Crippen LogP contribution is 2.37. The van der Waals surface area contributed by atoms with E-state index in [4.69, 9.17) is 23.2 Å². The van der Waals surface area contributed by atoms with Crippen molar-refractivity contribution in [1.29, 1.82) is 0 Å². The predicted molar refractivity (Wildman–Crippen MR) is 103 cm³/mol. The molecule has 1 aromatic carbocycles. The summed E-state index contributed by atoms with van der Waals surface area (Å²) in [6, 6.07) is 12.8. The molecule has 3 aromatic rings. The van der Waals surface area contributed by atoms with Crippen LogP contribution in [0.3, 0.4) is 0 Å². The summed E-state index contributed by atoms with van der Waals surface area (Å²) in [5.41, 5.74) is 1.91. The Kier molecular flexibility index (Phi) is 4.46. The van der Waals surface area contributed by atoms with Crippen LogP contribution in [0.1, 0.15) is 17.3 Å². The molecule has 0 saturated carbocycles. The number of urea groups is 1. The first-order valence-corrected chi connectivity index (χ1v) is 9.48. The lowest BCUT2D eigenvalue weighted by Gasteiger charge is -2.37. The summed E-state index contributed by atoms with van der Waals surface area (Å²) in [7, 11) is 0. The van der Waals surface area contributed by atoms with Crippen LogP contribution in [0.2, 0.25) is 10.0 Å². The van der Waals surface area contributed by atoms with E-state index in [1.165, 1.54) is 11.3 Å². The summed E-state index contributed by atoms with van der Waals surface area (Å²) < 4.78 is 2.16. The van der Waals surface area contributed by atoms with E-state index in [9.17, 15) is 4.79 Å². The Morgan fingerprint density at radius 3 is 2.80 bits per heavy atom. The van der Waals surface area contributed by atoms with Gasteiger partial charge in [-0.15, -0.1) is 11.3 Å². The van der Waals surface area contributed by atoms with Crippen molar-refractivity contribution in [2.75, 3.05) is 11.9 Å². The third kappa shape index (κ3) is 3.15. The molecular weight excluding hydrogens is 377 g/mol. The number of fused-ring (bicyclic) bond motifs is 1. The number of amides is 2. The molecule has 0 bridgehead atoms. The summed E-state index contributed by atoms with van der Waals surface area (Å²) in [4.78, 5) is 14.7. The van der Waals surface area contributed by atoms with E-state index in [1.807, 2.05) is 46.8 Å². The minimum absolute atomic E-state index is 0.133. The highest BCUT2D eigenvalue weighted by atomic mass is 35.5. The van der Waals surface area contributed by atoms with Gasteiger partial charge in [0.05, 0.1) is 5.00 Å². The zero-order valence-corrected chi connectivity index (χ0v) is 15.5. The van der Waals surface area contributed by atoms with Crippen molar-refractivity contribution in [1.82, 2.24) is 9.47 Å². The second kappa shape index (κ2) is 6.75. The van der Waals surface area contributed by atoms with E-state index in [0.717, 1.165) is 22.8 Å². The summed E-state index contributed by atoms with van der Waals surface area (Å²) in [6.07, 6.45) is 2.03. The molecule has 0 unspecified atom stereocenters. The number of carbonyl (C=O) groups is 1. The zero-order valence-electron chi connectivity index (χ0n) is 13.2. The summed E-state index contributed by atoms with van der Waals surface area (Å²) in [5, 5.41) is 6.87. The molecule has 0 aliphatic carbocycles. The lowest BCUT2D eigenvalue weighted by atomic mass is 10.00. The van der Waals surface area contributed by atoms with Crippen LogP contribution < -0.4 is 5.32 Å². The number of anilines is 1. The van der Waals surface area contributed by atoms with Gasteiger partial charge in [-0.05, 0) is 47.3 Å². The van der Waals surface area contributed by atoms with Gasteiger partial charge in [-0.2, -0.15) is 0 Å². The third-order valence-electron chi connectivity index (χ3n) is 4.31. The molecule has 1 atom stereocenters. The lowest BCUT2D eigenvalue weighted by molar-refractivity contribution is 0.182. The van der Waals surface area contributed by atoms with Crippen molar-refractivity contribution >= 4 is 45.6 Å². The number of nitrogens with one attached hydrogen (secondary N) is 1. The molecule has 1 aliphatic rings. The quantitative estimate of drug-likeness (QED) is 0.615. The first-order valence-electron chi connectivity index (χ1n) is 7.84. The average Bonchev–Trinajstić information content (AvgIpc) is 3.25. The van der Waals surface area contributed by atoms with Crippen LogP contribution in [0, 0.1) is 0 Å². The van der Waals surface area contributed by atoms with Crippen molar-refractivity contribution in [3.8, 4) is 0 Å². The van der Waals surface area contributed by atoms with Gasteiger partial charge < -0.3 is 9.47 Å². The molecule has 1 N–H and O–H groups in total. The molecule has 0 saturated heterocycles. The predicted octanol–water partition coefficient (Wildman–Crippen LogP) is 5.49. The van der Waals surface area contributed by atoms with Crippen LogP contribution in [0.5, 0.6) is 0 Å². The summed E-state index contributed by atoms with van der Waals surface area (Å²) in [5.74, 6) is 0. The molecule has 7 heteroatoms. The van der Waals surface area contributed by atoms with Gasteiger partial charge in [0.2, 0.25) is 0 Å². The SMILES string of the molecule is O=C(Nc1cccs1)N1CCn2cccc2[C@@H]1c1ccc(Cl)cc1Cl. The van der Waals surface area contributed by atoms with E-state index >= 15 is 0 Å². The first kappa shape index (κ1) is 16.5. The smallest absolute Gasteiger partial charge is 0.323 e. The van der Waals surface area contributed by atoms with Crippen LogP contribution in [0.15, 0.2) is 54.0 Å². The third-order valence-corrected chi connectivity index (χ3v) is 5.66. The van der Waals surface area contributed by atoms with Crippen LogP contribution in [0.25, 0.3) is 0 Å². The fraction of sp³-hybridized carbons (Fsp3) is 0.167. The van der Waals surface area contributed by atoms with Gasteiger partial charge in [-0.1, -0.05) is 29.3 Å². The fourth-order valence-corrected chi connectivity index (χ4v) is 4.30. The van der Waals surface area contributed by atoms with Crippen LogP contribution >= 0.6 is 34.5 Å². The second-order valence-electron chi connectivity index (χ2n) is 5.80. The van der Waals surface area contributed by atoms with Crippen LogP contribution in [0.4, 0.5) is 9.80 Å². The minimum atomic E-state index is -0.256. The number of halogens is 2. The largest absolute Gasteiger partial charge is 0.348 e. The van der Waals surface area contributed by atoms with Crippen molar-refractivity contribution in [2.24, 2.45) is 0 Å². The Hall–Kier alpha value is -1.95. The molecular formula is C18H15Cl2N3OS. The Morgan fingerprint density at radius 2 is 2.04 bits per heavy atom. The van der Waals surface area contributed by atoms with Crippen molar-refractivity contribution < 1.29 is 4.79 Å². The fourth-order valence-electron chi connectivity index (χ4n) is 3.18. The molecule has 128 valence electrons. The van der Waals surface area contributed by atoms with Crippen molar-refractivity contribution in [2.45, 2.75) is 12.6 Å². The van der Waals surface area contributed by atoms with E-state index < -0.39 is 0 Å². The average molecular weight is 392 g/mol. The van der Waals surface area contributed by atoms with Gasteiger partial charge in [0.25, 0.3) is 0 Å². The van der Waals surface area contributed by atoms with Gasteiger partial charge in [0.1, 0.15) is 6.04 Å². The van der Waals surface area contributed by atoms with Crippen molar-refractivity contribution in [3.63, 3.8) is 0 Å². The summed E-state index contributed by atoms with van der Waals surface area (Å²) in [6.45, 7) is 1.35. The maximum Gasteiger partial charge on any atom is 0.323 e. The molecule has 0 spiro atoms. The molecule has 0 radical (unpaired) electrons. The zero-order chi connectivity index (χ0) is 17.4. The second-order valence-corrected chi connectivity index (χ2v) is 7.59. The van der Waals surface area contributed by atoms with Crippen LogP contribution in [-0.2, 0) is 6.54 Å². The van der Waals surface area contributed by atoms with Gasteiger partial charge in [-0.25, -0.2) is 4.79 Å². The van der Waals surface area contributed by atoms with Gasteiger partial charge >= 0.3 is 6.03 Å². The lowest BCUT2D eigenvalue weighted by Crippen LogP contribution is -2.44. The molecule has 3 heterocycles. The number of nitrogens with zero attached hydrogens (tertiary/aromatic N) is 2. The minimum Gasteiger partial charge on any atom is -0.348 e. The molecule has 2 amide bonds. The molecule has 25 heavy (non-hydrogen) atoms. The molecule has 4 rings (SSSR count). The number of aromatic nitrogens is 1. The number of hydrogen-bond donors (Lipinski definition) is 1. The monoisotopic (exact) mass is 391 g/mol. The molecule has 2 aromatic heterocycles. The Morgan fingerprint density at radius 1 is 1.16 bits per heavy atom. The molecule has 0 fully saturated rings. The van der Waals surface area contributed by atoms with E-state index in [2.05, 4.69) is 9.88 Å². The van der Waals surface area contributed by atoms with Crippen molar-refractivity contribution in [3.05, 3.63) is 75.3 Å². The number of carbonyl (C=O) groups excluding carboxylic acids is 1. The standard InChI is InChI=1S/C18H15Cl2N3OS/c19-12-5-6-13(14(20)11-12)17-15-3-1-7-22(15)8-9-23(17)18(24)21-16-4-2-10-25-16/h1-7,10-11,17H,8-9H2,(H,21,24)/t17-/m0/s1. The maximum atomic E-state index is 12.9. The van der Waals surface area contributed by atoms with E-state index in [0.29, 0.717) is 16.6 Å². The number of benzene rings is 1. The van der Waals surface area contributed by atoms with Gasteiger partial charge in [0, 0.05) is 35.0 Å². The topological polar surface area (TPSA) is 37.3 Å². The number of thiophene rings is 1. The van der Waals surface area contributed by atoms with Crippen LogP contribution in [-0.4, -0.2) is 22.0 Å². The van der Waals surface area contributed by atoms with E-state index in [-0.39, 0.29) is 12.1 Å². The van der Waals surface area contributed by atoms with Gasteiger partial charge in [-0.3, -0.25) is 5.32 Å². The number of rotatable bonds is 2. The first-order chi connectivity index (χ1) is 12.1.